The first-order valence-corrected chi connectivity index (χ1v) is 7.72. The van der Waals surface area contributed by atoms with E-state index < -0.39 is 16.1 Å². The maximum atomic E-state index is 12.1. The minimum atomic E-state index is -3.46. The smallest absolute Gasteiger partial charge is 0.240 e. The maximum Gasteiger partial charge on any atom is 0.240 e. The fourth-order valence-electron chi connectivity index (χ4n) is 1.88. The van der Waals surface area contributed by atoms with Gasteiger partial charge in [-0.3, -0.25) is 0 Å². The van der Waals surface area contributed by atoms with Gasteiger partial charge >= 0.3 is 0 Å². The summed E-state index contributed by atoms with van der Waals surface area (Å²) in [7, 11) is -3.46. The molecule has 5 heteroatoms. The summed E-state index contributed by atoms with van der Waals surface area (Å²) in [4.78, 5) is 0.228. The molecule has 1 saturated carbocycles. The molecule has 0 amide bonds. The highest BCUT2D eigenvalue weighted by Gasteiger charge is 2.36. The molecule has 0 aromatic heterocycles. The number of aliphatic hydroxyl groups excluding tert-OH is 1. The van der Waals surface area contributed by atoms with E-state index in [1.807, 2.05) is 13.8 Å². The van der Waals surface area contributed by atoms with Gasteiger partial charge in [-0.05, 0) is 36.5 Å². The van der Waals surface area contributed by atoms with E-state index in [1.165, 1.54) is 0 Å². The second-order valence-electron chi connectivity index (χ2n) is 4.94. The lowest BCUT2D eigenvalue weighted by molar-refractivity contribution is 0.173. The van der Waals surface area contributed by atoms with Crippen molar-refractivity contribution in [2.75, 3.05) is 0 Å². The van der Waals surface area contributed by atoms with E-state index in [0.717, 1.165) is 6.42 Å². The van der Waals surface area contributed by atoms with Crippen molar-refractivity contribution in [3.63, 3.8) is 0 Å². The lowest BCUT2D eigenvalue weighted by Gasteiger charge is -2.11. The Balaban J connectivity index is 2.21. The van der Waals surface area contributed by atoms with E-state index in [1.54, 1.807) is 24.3 Å². The number of hydrogen-bond acceptors (Lipinski definition) is 3. The third-order valence-corrected chi connectivity index (χ3v) is 4.84. The van der Waals surface area contributed by atoms with Crippen LogP contribution < -0.4 is 4.72 Å². The number of sulfonamides is 1. The molecule has 1 aromatic rings. The first kappa shape index (κ1) is 13.5. The molecule has 0 heterocycles. The van der Waals surface area contributed by atoms with Gasteiger partial charge in [-0.25, -0.2) is 13.1 Å². The van der Waals surface area contributed by atoms with Gasteiger partial charge < -0.3 is 5.11 Å². The Kier molecular flexibility index (Phi) is 3.75. The Bertz CT molecular complexity index is 527. The molecular weight excluding hydrogens is 250 g/mol. The monoisotopic (exact) mass is 269 g/mol. The minimum Gasteiger partial charge on any atom is -0.388 e. The second-order valence-corrected chi connectivity index (χ2v) is 6.65. The summed E-state index contributed by atoms with van der Waals surface area (Å²) >= 11 is 0. The molecule has 2 N–H and O–H groups in total. The first-order valence-electron chi connectivity index (χ1n) is 6.24. The van der Waals surface area contributed by atoms with Crippen LogP contribution in [0.25, 0.3) is 0 Å². The minimum absolute atomic E-state index is 0.0646. The molecule has 2 rings (SSSR count). The molecule has 1 aliphatic rings. The Morgan fingerprint density at radius 2 is 2.17 bits per heavy atom. The average molecular weight is 269 g/mol. The molecule has 1 aromatic carbocycles. The number of benzene rings is 1. The van der Waals surface area contributed by atoms with Crippen molar-refractivity contribution in [1.82, 2.24) is 4.72 Å². The molecular formula is C13H19NO3S. The summed E-state index contributed by atoms with van der Waals surface area (Å²) in [5.74, 6) is 0.421. The van der Waals surface area contributed by atoms with Crippen LogP contribution in [0.5, 0.6) is 0 Å². The predicted octanol–water partition coefficient (Wildman–Crippen LogP) is 1.82. The highest BCUT2D eigenvalue weighted by Crippen LogP contribution is 2.31. The van der Waals surface area contributed by atoms with Crippen molar-refractivity contribution in [3.8, 4) is 0 Å². The quantitative estimate of drug-likeness (QED) is 0.857. The maximum absolute atomic E-state index is 12.1. The van der Waals surface area contributed by atoms with Crippen LogP contribution in [0.4, 0.5) is 0 Å². The van der Waals surface area contributed by atoms with Crippen LogP contribution in [-0.2, 0) is 10.0 Å². The fraction of sp³-hybridized carbons (Fsp3) is 0.538. The van der Waals surface area contributed by atoms with Crippen LogP contribution in [-0.4, -0.2) is 19.6 Å². The van der Waals surface area contributed by atoms with Crippen molar-refractivity contribution in [2.24, 2.45) is 5.92 Å². The number of hydrogen-bond donors (Lipinski definition) is 2. The van der Waals surface area contributed by atoms with Gasteiger partial charge in [-0.15, -0.1) is 0 Å². The summed E-state index contributed by atoms with van der Waals surface area (Å²) < 4.78 is 26.9. The number of rotatable bonds is 5. The van der Waals surface area contributed by atoms with Gasteiger partial charge in [0, 0.05) is 6.04 Å². The SMILES string of the molecule is CCC(O)c1cccc(S(=O)(=O)NC2CC2C)c1. The first-order chi connectivity index (χ1) is 8.44. The molecule has 100 valence electrons. The molecule has 0 spiro atoms. The van der Waals surface area contributed by atoms with Crippen molar-refractivity contribution in [3.05, 3.63) is 29.8 Å². The summed E-state index contributed by atoms with van der Waals surface area (Å²) in [5.41, 5.74) is 0.643. The summed E-state index contributed by atoms with van der Waals surface area (Å²) in [5, 5.41) is 9.74. The third-order valence-electron chi connectivity index (χ3n) is 3.36. The number of aliphatic hydroxyl groups is 1. The van der Waals surface area contributed by atoms with E-state index in [9.17, 15) is 13.5 Å². The molecule has 0 bridgehead atoms. The third kappa shape index (κ3) is 2.91. The van der Waals surface area contributed by atoms with Gasteiger partial charge in [0.15, 0.2) is 0 Å². The Labute approximate surface area is 108 Å². The Morgan fingerprint density at radius 1 is 1.50 bits per heavy atom. The van der Waals surface area contributed by atoms with E-state index >= 15 is 0 Å². The summed E-state index contributed by atoms with van der Waals surface area (Å²) in [6, 6.07) is 6.58. The average Bonchev–Trinajstić information content (AvgIpc) is 3.03. The van der Waals surface area contributed by atoms with Gasteiger partial charge in [0.1, 0.15) is 0 Å². The zero-order chi connectivity index (χ0) is 13.3. The highest BCUT2D eigenvalue weighted by molar-refractivity contribution is 7.89. The zero-order valence-electron chi connectivity index (χ0n) is 10.6. The largest absolute Gasteiger partial charge is 0.388 e. The van der Waals surface area contributed by atoms with Crippen LogP contribution in [0.1, 0.15) is 38.4 Å². The molecule has 3 unspecified atom stereocenters. The fourth-order valence-corrected chi connectivity index (χ4v) is 3.29. The molecule has 18 heavy (non-hydrogen) atoms. The van der Waals surface area contributed by atoms with Crippen LogP contribution in [0, 0.1) is 5.92 Å². The lowest BCUT2D eigenvalue weighted by Crippen LogP contribution is -2.26. The number of nitrogens with one attached hydrogen (secondary N) is 1. The zero-order valence-corrected chi connectivity index (χ0v) is 11.4. The predicted molar refractivity (Wildman–Crippen MR) is 69.6 cm³/mol. The van der Waals surface area contributed by atoms with Crippen LogP contribution in [0.3, 0.4) is 0 Å². The van der Waals surface area contributed by atoms with Crippen molar-refractivity contribution >= 4 is 10.0 Å². The molecule has 0 radical (unpaired) electrons. The van der Waals surface area contributed by atoms with Gasteiger partial charge in [-0.1, -0.05) is 26.0 Å². The van der Waals surface area contributed by atoms with E-state index in [2.05, 4.69) is 4.72 Å². The van der Waals surface area contributed by atoms with E-state index in [0.29, 0.717) is 17.9 Å². The molecule has 3 atom stereocenters. The normalized spacial score (nSPS) is 24.8. The van der Waals surface area contributed by atoms with Crippen LogP contribution in [0.2, 0.25) is 0 Å². The molecule has 4 nitrogen and oxygen atoms in total. The molecule has 1 aliphatic carbocycles. The molecule has 0 saturated heterocycles. The Morgan fingerprint density at radius 3 is 2.72 bits per heavy atom. The standard InChI is InChI=1S/C13H19NO3S/c1-3-13(15)10-5-4-6-11(8-10)18(16,17)14-12-7-9(12)2/h4-6,8-9,12-15H,3,7H2,1-2H3. The summed E-state index contributed by atoms with van der Waals surface area (Å²) in [6.07, 6.45) is 0.854. The van der Waals surface area contributed by atoms with Crippen molar-refractivity contribution in [1.29, 1.82) is 0 Å². The van der Waals surface area contributed by atoms with Gasteiger partial charge in [0.25, 0.3) is 0 Å². The van der Waals surface area contributed by atoms with Crippen molar-refractivity contribution < 1.29 is 13.5 Å². The summed E-state index contributed by atoms with van der Waals surface area (Å²) in [6.45, 7) is 3.88. The van der Waals surface area contributed by atoms with Gasteiger partial charge in [-0.2, -0.15) is 0 Å². The van der Waals surface area contributed by atoms with Crippen LogP contribution in [0.15, 0.2) is 29.2 Å². The van der Waals surface area contributed by atoms with Gasteiger partial charge in [0.05, 0.1) is 11.0 Å². The second kappa shape index (κ2) is 4.99. The van der Waals surface area contributed by atoms with E-state index in [4.69, 9.17) is 0 Å². The highest BCUT2D eigenvalue weighted by atomic mass is 32.2. The topological polar surface area (TPSA) is 66.4 Å². The van der Waals surface area contributed by atoms with E-state index in [-0.39, 0.29) is 10.9 Å². The molecule has 0 aliphatic heterocycles. The van der Waals surface area contributed by atoms with Crippen LogP contribution >= 0.6 is 0 Å². The lowest BCUT2D eigenvalue weighted by atomic mass is 10.1. The van der Waals surface area contributed by atoms with Gasteiger partial charge in [0.2, 0.25) is 10.0 Å². The Hall–Kier alpha value is -0.910. The molecule has 1 fully saturated rings. The van der Waals surface area contributed by atoms with Crippen molar-refractivity contribution in [2.45, 2.75) is 43.7 Å².